The summed E-state index contributed by atoms with van der Waals surface area (Å²) in [6.45, 7) is 10.8. The number of anilines is 1. The molecule has 1 aliphatic rings. The number of nitrogens with one attached hydrogen (secondary N) is 1. The van der Waals surface area contributed by atoms with Gasteiger partial charge in [0.15, 0.2) is 5.78 Å². The number of halogens is 1. The quantitative estimate of drug-likeness (QED) is 0.244. The molecule has 2 heterocycles. The Morgan fingerprint density at radius 1 is 1.12 bits per heavy atom. The highest BCUT2D eigenvalue weighted by Gasteiger charge is 2.39. The Balaban J connectivity index is 1.72. The van der Waals surface area contributed by atoms with Crippen LogP contribution in [0.4, 0.5) is 5.82 Å². The van der Waals surface area contributed by atoms with E-state index in [9.17, 15) is 4.79 Å². The van der Waals surface area contributed by atoms with Crippen molar-refractivity contribution in [3.63, 3.8) is 0 Å². The van der Waals surface area contributed by atoms with E-state index in [-0.39, 0.29) is 22.8 Å². The SMILES string of the molecule is CCC(CC)(CC(=O)c1c(C)nn2c1N[C@@H](c1ccccc1)CC2(C)C)c1ccc(I)cc1. The van der Waals surface area contributed by atoms with Crippen molar-refractivity contribution in [2.45, 2.75) is 77.3 Å². The Bertz CT molecular complexity index is 1130. The predicted octanol–water partition coefficient (Wildman–Crippen LogP) is 7.42. The van der Waals surface area contributed by atoms with Gasteiger partial charge in [-0.2, -0.15) is 5.10 Å². The first kappa shape index (κ1) is 24.0. The minimum atomic E-state index is -0.187. The van der Waals surface area contributed by atoms with Gasteiger partial charge in [-0.3, -0.25) is 4.79 Å². The first-order valence-corrected chi connectivity index (χ1v) is 13.0. The summed E-state index contributed by atoms with van der Waals surface area (Å²) in [5, 5.41) is 8.54. The number of hydrogen-bond donors (Lipinski definition) is 1. The molecule has 33 heavy (non-hydrogen) atoms. The van der Waals surface area contributed by atoms with Crippen LogP contribution >= 0.6 is 22.6 Å². The van der Waals surface area contributed by atoms with Crippen LogP contribution in [0.2, 0.25) is 0 Å². The standard InChI is InChI=1S/C28H34IN3O/c1-6-28(7-2,21-13-15-22(29)16-14-21)18-24(33)25-19(3)31-32-26(25)30-23(17-27(32,4)5)20-11-9-8-10-12-20/h8-16,23,30H,6-7,17-18H2,1-5H3/t23-/m1/s1. The average molecular weight is 556 g/mol. The molecule has 0 saturated heterocycles. The van der Waals surface area contributed by atoms with E-state index in [1.165, 1.54) is 14.7 Å². The first-order valence-electron chi connectivity index (χ1n) is 11.9. The molecule has 0 unspecified atom stereocenters. The lowest BCUT2D eigenvalue weighted by molar-refractivity contribution is 0.0944. The Morgan fingerprint density at radius 2 is 1.76 bits per heavy atom. The van der Waals surface area contributed by atoms with Gasteiger partial charge in [0.2, 0.25) is 0 Å². The van der Waals surface area contributed by atoms with Crippen molar-refractivity contribution in [1.82, 2.24) is 9.78 Å². The summed E-state index contributed by atoms with van der Waals surface area (Å²) in [7, 11) is 0. The molecule has 2 aromatic carbocycles. The van der Waals surface area contributed by atoms with Gasteiger partial charge in [-0.05, 0) is 85.9 Å². The third kappa shape index (κ3) is 4.48. The molecule has 5 heteroatoms. The van der Waals surface area contributed by atoms with Crippen LogP contribution in [-0.4, -0.2) is 15.6 Å². The molecule has 1 N–H and O–H groups in total. The predicted molar refractivity (Wildman–Crippen MR) is 144 cm³/mol. The summed E-state index contributed by atoms with van der Waals surface area (Å²) in [6.07, 6.45) is 3.24. The molecule has 0 saturated carbocycles. The number of rotatable bonds is 7. The zero-order chi connectivity index (χ0) is 23.8. The van der Waals surface area contributed by atoms with Crippen molar-refractivity contribution < 1.29 is 4.79 Å². The lowest BCUT2D eigenvalue weighted by Gasteiger charge is -2.38. The van der Waals surface area contributed by atoms with Gasteiger partial charge in [-0.25, -0.2) is 4.68 Å². The lowest BCUT2D eigenvalue weighted by Crippen LogP contribution is -2.38. The minimum absolute atomic E-state index is 0.148. The molecule has 1 aliphatic heterocycles. The summed E-state index contributed by atoms with van der Waals surface area (Å²) in [4.78, 5) is 13.9. The van der Waals surface area contributed by atoms with Gasteiger partial charge in [0.1, 0.15) is 5.82 Å². The van der Waals surface area contributed by atoms with E-state index in [1.54, 1.807) is 0 Å². The lowest BCUT2D eigenvalue weighted by atomic mass is 9.71. The van der Waals surface area contributed by atoms with Gasteiger partial charge >= 0.3 is 0 Å². The molecule has 0 bridgehead atoms. The number of Topliss-reactive ketones (excluding diaryl/α,β-unsaturated/α-hetero) is 1. The summed E-state index contributed by atoms with van der Waals surface area (Å²) in [6, 6.07) is 19.3. The monoisotopic (exact) mass is 555 g/mol. The fourth-order valence-corrected chi connectivity index (χ4v) is 5.69. The van der Waals surface area contributed by atoms with E-state index < -0.39 is 0 Å². The molecule has 1 atom stereocenters. The highest BCUT2D eigenvalue weighted by Crippen LogP contribution is 2.43. The fraction of sp³-hybridized carbons (Fsp3) is 0.429. The first-order chi connectivity index (χ1) is 15.7. The van der Waals surface area contributed by atoms with Gasteiger partial charge in [0.05, 0.1) is 22.8 Å². The van der Waals surface area contributed by atoms with Crippen LogP contribution in [-0.2, 0) is 11.0 Å². The molecule has 174 valence electrons. The molecular weight excluding hydrogens is 521 g/mol. The van der Waals surface area contributed by atoms with Crippen LogP contribution < -0.4 is 5.32 Å². The fourth-order valence-electron chi connectivity index (χ4n) is 5.33. The highest BCUT2D eigenvalue weighted by atomic mass is 127. The van der Waals surface area contributed by atoms with Crippen LogP contribution in [0.25, 0.3) is 0 Å². The smallest absolute Gasteiger partial charge is 0.169 e. The molecule has 3 aromatic rings. The number of aryl methyl sites for hydroxylation is 1. The second kappa shape index (κ2) is 9.24. The van der Waals surface area contributed by atoms with E-state index in [1.807, 2.05) is 17.7 Å². The summed E-state index contributed by atoms with van der Waals surface area (Å²) in [5.41, 5.74) is 3.69. The molecule has 0 amide bonds. The third-order valence-corrected chi connectivity index (χ3v) is 8.16. The summed E-state index contributed by atoms with van der Waals surface area (Å²) in [5.74, 6) is 1.04. The molecule has 4 nitrogen and oxygen atoms in total. The number of nitrogens with zero attached hydrogens (tertiary/aromatic N) is 2. The van der Waals surface area contributed by atoms with Gasteiger partial charge in [0, 0.05) is 15.4 Å². The van der Waals surface area contributed by atoms with Crippen molar-refractivity contribution in [2.24, 2.45) is 0 Å². The largest absolute Gasteiger partial charge is 0.363 e. The minimum Gasteiger partial charge on any atom is -0.363 e. The van der Waals surface area contributed by atoms with E-state index in [0.29, 0.717) is 6.42 Å². The van der Waals surface area contributed by atoms with Crippen molar-refractivity contribution >= 4 is 34.2 Å². The van der Waals surface area contributed by atoms with Crippen LogP contribution in [0.1, 0.15) is 86.6 Å². The van der Waals surface area contributed by atoms with Crippen LogP contribution in [0.15, 0.2) is 54.6 Å². The van der Waals surface area contributed by atoms with Gasteiger partial charge < -0.3 is 5.32 Å². The number of carbonyl (C=O) groups is 1. The molecule has 1 aromatic heterocycles. The number of fused-ring (bicyclic) bond motifs is 1. The van der Waals surface area contributed by atoms with Crippen LogP contribution in [0.5, 0.6) is 0 Å². The molecule has 0 aliphatic carbocycles. The number of carbonyl (C=O) groups excluding carboxylic acids is 1. The van der Waals surface area contributed by atoms with Crippen LogP contribution in [0.3, 0.4) is 0 Å². The van der Waals surface area contributed by atoms with Crippen molar-refractivity contribution in [1.29, 1.82) is 0 Å². The topological polar surface area (TPSA) is 46.9 Å². The average Bonchev–Trinajstić information content (AvgIpc) is 3.15. The molecule has 0 spiro atoms. The van der Waals surface area contributed by atoms with E-state index in [0.717, 1.165) is 36.3 Å². The number of ketones is 1. The summed E-state index contributed by atoms with van der Waals surface area (Å²) < 4.78 is 3.25. The maximum atomic E-state index is 13.9. The third-order valence-electron chi connectivity index (χ3n) is 7.44. The Morgan fingerprint density at radius 3 is 2.36 bits per heavy atom. The molecule has 0 radical (unpaired) electrons. The van der Waals surface area contributed by atoms with E-state index >= 15 is 0 Å². The van der Waals surface area contributed by atoms with Gasteiger partial charge in [-0.1, -0.05) is 56.3 Å². The van der Waals surface area contributed by atoms with Crippen molar-refractivity contribution in [3.05, 3.63) is 80.6 Å². The maximum absolute atomic E-state index is 13.9. The Labute approximate surface area is 211 Å². The highest BCUT2D eigenvalue weighted by molar-refractivity contribution is 14.1. The number of aromatic nitrogens is 2. The number of benzene rings is 2. The molecular formula is C28H34IN3O. The van der Waals surface area contributed by atoms with E-state index in [2.05, 4.69) is 104 Å². The number of hydrogen-bond acceptors (Lipinski definition) is 3. The molecule has 4 rings (SSSR count). The van der Waals surface area contributed by atoms with E-state index in [4.69, 9.17) is 5.10 Å². The zero-order valence-electron chi connectivity index (χ0n) is 20.3. The second-order valence-electron chi connectivity index (χ2n) is 9.94. The Kier molecular flexibility index (Phi) is 6.72. The van der Waals surface area contributed by atoms with Crippen LogP contribution in [0, 0.1) is 10.5 Å². The van der Waals surface area contributed by atoms with Crippen molar-refractivity contribution in [2.75, 3.05) is 5.32 Å². The zero-order valence-corrected chi connectivity index (χ0v) is 22.4. The normalized spacial score (nSPS) is 17.3. The van der Waals surface area contributed by atoms with Gasteiger partial charge in [0.25, 0.3) is 0 Å². The maximum Gasteiger partial charge on any atom is 0.169 e. The van der Waals surface area contributed by atoms with Gasteiger partial charge in [-0.15, -0.1) is 0 Å². The summed E-state index contributed by atoms with van der Waals surface area (Å²) >= 11 is 2.33. The van der Waals surface area contributed by atoms with Crippen molar-refractivity contribution in [3.8, 4) is 0 Å². The molecule has 0 fully saturated rings. The Hall–Kier alpha value is -2.15. The second-order valence-corrected chi connectivity index (χ2v) is 11.2.